The standard InChI is InChI=1S/C20H19ClN4O2S2/c1-20(12-29(26,27)25(2)19(22)24-20)18-16(21)10-17(28-18)14-7-5-13(6-8-14)15-4-3-9-23-11-15/h3-11H,12H2,1-2H3,(H2,22,24). The van der Waals surface area contributed by atoms with E-state index in [1.54, 1.807) is 13.1 Å². The first-order valence-corrected chi connectivity index (χ1v) is 11.6. The molecule has 4 rings (SSSR count). The maximum Gasteiger partial charge on any atom is 0.239 e. The number of halogens is 1. The quantitative estimate of drug-likeness (QED) is 0.660. The van der Waals surface area contributed by atoms with Gasteiger partial charge in [-0.05, 0) is 35.7 Å². The fourth-order valence-corrected chi connectivity index (χ4v) is 6.47. The van der Waals surface area contributed by atoms with Gasteiger partial charge in [0.1, 0.15) is 5.54 Å². The SMILES string of the molecule is CN1C(N)=NC(C)(c2sc(-c3ccc(-c4cccnc4)cc3)cc2Cl)CS1(=O)=O. The molecule has 0 amide bonds. The number of nitrogens with zero attached hydrogens (tertiary/aromatic N) is 3. The summed E-state index contributed by atoms with van der Waals surface area (Å²) in [5, 5.41) is 0.486. The van der Waals surface area contributed by atoms with Gasteiger partial charge in [0.2, 0.25) is 16.0 Å². The number of pyridine rings is 1. The minimum Gasteiger partial charge on any atom is -0.369 e. The van der Waals surface area contributed by atoms with Crippen LogP contribution >= 0.6 is 22.9 Å². The Labute approximate surface area is 178 Å². The molecule has 1 aliphatic rings. The minimum atomic E-state index is -3.56. The van der Waals surface area contributed by atoms with Crippen LogP contribution in [0.2, 0.25) is 5.02 Å². The first-order chi connectivity index (χ1) is 13.7. The van der Waals surface area contributed by atoms with Crippen LogP contribution in [0, 0.1) is 0 Å². The van der Waals surface area contributed by atoms with Crippen molar-refractivity contribution in [3.63, 3.8) is 0 Å². The second kappa shape index (κ2) is 7.12. The molecule has 1 aromatic carbocycles. The van der Waals surface area contributed by atoms with Crippen molar-refractivity contribution in [2.45, 2.75) is 12.5 Å². The molecule has 1 atom stereocenters. The highest BCUT2D eigenvalue weighted by Gasteiger charge is 2.42. The third-order valence-corrected chi connectivity index (χ3v) is 8.70. The predicted molar refractivity (Wildman–Crippen MR) is 119 cm³/mol. The minimum absolute atomic E-state index is 0.0365. The van der Waals surface area contributed by atoms with Crippen LogP contribution < -0.4 is 5.73 Å². The molecule has 6 nitrogen and oxygen atoms in total. The van der Waals surface area contributed by atoms with E-state index in [1.165, 1.54) is 18.4 Å². The number of nitrogens with two attached hydrogens (primary N) is 1. The third-order valence-electron chi connectivity index (χ3n) is 4.90. The maximum absolute atomic E-state index is 12.5. The zero-order chi connectivity index (χ0) is 20.8. The first kappa shape index (κ1) is 19.9. The number of thiophene rings is 1. The molecule has 2 aromatic heterocycles. The highest BCUT2D eigenvalue weighted by Crippen LogP contribution is 2.44. The van der Waals surface area contributed by atoms with Crippen molar-refractivity contribution < 1.29 is 8.42 Å². The lowest BCUT2D eigenvalue weighted by Gasteiger charge is -2.33. The molecule has 1 unspecified atom stereocenters. The number of hydrogen-bond acceptors (Lipinski definition) is 6. The number of guanidine groups is 1. The van der Waals surface area contributed by atoms with Crippen molar-refractivity contribution in [1.29, 1.82) is 0 Å². The lowest BCUT2D eigenvalue weighted by Crippen LogP contribution is -2.50. The van der Waals surface area contributed by atoms with Gasteiger partial charge < -0.3 is 5.73 Å². The van der Waals surface area contributed by atoms with Crippen LogP contribution in [-0.2, 0) is 15.6 Å². The number of hydrogen-bond donors (Lipinski definition) is 1. The van der Waals surface area contributed by atoms with E-state index < -0.39 is 15.6 Å². The van der Waals surface area contributed by atoms with E-state index in [0.717, 1.165) is 25.9 Å². The molecular weight excluding hydrogens is 428 g/mol. The summed E-state index contributed by atoms with van der Waals surface area (Å²) in [5.41, 5.74) is 7.93. The van der Waals surface area contributed by atoms with Crippen molar-refractivity contribution >= 4 is 38.9 Å². The number of aromatic nitrogens is 1. The van der Waals surface area contributed by atoms with Gasteiger partial charge in [-0.15, -0.1) is 11.3 Å². The lowest BCUT2D eigenvalue weighted by atomic mass is 10.0. The zero-order valence-corrected chi connectivity index (χ0v) is 18.2. The van der Waals surface area contributed by atoms with Gasteiger partial charge in [-0.2, -0.15) is 0 Å². The normalized spacial score (nSPS) is 21.1. The number of aliphatic imine (C=N–C) groups is 1. The van der Waals surface area contributed by atoms with Gasteiger partial charge in [0, 0.05) is 24.3 Å². The van der Waals surface area contributed by atoms with Crippen LogP contribution in [0.4, 0.5) is 0 Å². The highest BCUT2D eigenvalue weighted by atomic mass is 35.5. The predicted octanol–water partition coefficient (Wildman–Crippen LogP) is 3.94. The number of sulfonamides is 1. The molecule has 0 spiro atoms. The molecule has 0 aliphatic carbocycles. The molecule has 3 heterocycles. The van der Waals surface area contributed by atoms with E-state index in [4.69, 9.17) is 17.3 Å². The first-order valence-electron chi connectivity index (χ1n) is 8.82. The van der Waals surface area contributed by atoms with Crippen LogP contribution in [0.5, 0.6) is 0 Å². The Hall–Kier alpha value is -2.42. The molecule has 0 saturated carbocycles. The molecule has 9 heteroatoms. The molecule has 29 heavy (non-hydrogen) atoms. The number of benzene rings is 1. The Morgan fingerprint density at radius 1 is 1.17 bits per heavy atom. The smallest absolute Gasteiger partial charge is 0.239 e. The monoisotopic (exact) mass is 446 g/mol. The Bertz CT molecular complexity index is 1190. The van der Waals surface area contributed by atoms with Crippen LogP contribution in [0.15, 0.2) is 59.9 Å². The van der Waals surface area contributed by atoms with Gasteiger partial charge in [-0.1, -0.05) is 41.9 Å². The maximum atomic E-state index is 12.5. The topological polar surface area (TPSA) is 88.7 Å². The van der Waals surface area contributed by atoms with Crippen LogP contribution in [0.1, 0.15) is 11.8 Å². The summed E-state index contributed by atoms with van der Waals surface area (Å²) >= 11 is 7.94. The molecular formula is C20H19ClN4O2S2. The van der Waals surface area contributed by atoms with E-state index in [9.17, 15) is 8.42 Å². The zero-order valence-electron chi connectivity index (χ0n) is 15.8. The van der Waals surface area contributed by atoms with Gasteiger partial charge in [0.25, 0.3) is 0 Å². The van der Waals surface area contributed by atoms with E-state index >= 15 is 0 Å². The highest BCUT2D eigenvalue weighted by molar-refractivity contribution is 7.89. The molecule has 0 bridgehead atoms. The van der Waals surface area contributed by atoms with Gasteiger partial charge in [0.05, 0.1) is 15.7 Å². The summed E-state index contributed by atoms with van der Waals surface area (Å²) in [6.45, 7) is 1.75. The third kappa shape index (κ3) is 3.63. The van der Waals surface area contributed by atoms with Crippen LogP contribution in [0.25, 0.3) is 21.6 Å². The van der Waals surface area contributed by atoms with Crippen LogP contribution in [-0.4, -0.2) is 36.5 Å². The molecule has 0 saturated heterocycles. The molecule has 0 fully saturated rings. The van der Waals surface area contributed by atoms with E-state index in [2.05, 4.69) is 9.98 Å². The van der Waals surface area contributed by atoms with Gasteiger partial charge in [-0.25, -0.2) is 17.7 Å². The molecule has 0 radical (unpaired) electrons. The van der Waals surface area contributed by atoms with Crippen molar-refractivity contribution in [3.05, 3.63) is 64.8 Å². The fourth-order valence-electron chi connectivity index (χ4n) is 3.31. The van der Waals surface area contributed by atoms with E-state index in [0.29, 0.717) is 9.90 Å². The van der Waals surface area contributed by atoms with Crippen molar-refractivity contribution in [1.82, 2.24) is 9.29 Å². The van der Waals surface area contributed by atoms with Crippen LogP contribution in [0.3, 0.4) is 0 Å². The Morgan fingerprint density at radius 3 is 2.48 bits per heavy atom. The molecule has 150 valence electrons. The average Bonchev–Trinajstić information content (AvgIpc) is 3.09. The van der Waals surface area contributed by atoms with Crippen molar-refractivity contribution in [3.8, 4) is 21.6 Å². The van der Waals surface area contributed by atoms with E-state index in [-0.39, 0.29) is 11.7 Å². The summed E-state index contributed by atoms with van der Waals surface area (Å²) in [5.74, 6) is -0.220. The van der Waals surface area contributed by atoms with Gasteiger partial charge in [0.15, 0.2) is 0 Å². The number of rotatable bonds is 3. The lowest BCUT2D eigenvalue weighted by molar-refractivity contribution is 0.482. The summed E-state index contributed by atoms with van der Waals surface area (Å²) in [6, 6.07) is 13.8. The van der Waals surface area contributed by atoms with E-state index in [1.807, 2.05) is 48.7 Å². The summed E-state index contributed by atoms with van der Waals surface area (Å²) in [6.07, 6.45) is 3.56. The summed E-state index contributed by atoms with van der Waals surface area (Å²) in [4.78, 5) is 10.2. The average molecular weight is 447 g/mol. The summed E-state index contributed by atoms with van der Waals surface area (Å²) < 4.78 is 25.9. The summed E-state index contributed by atoms with van der Waals surface area (Å²) in [7, 11) is -2.15. The van der Waals surface area contributed by atoms with Crippen molar-refractivity contribution in [2.24, 2.45) is 10.7 Å². The van der Waals surface area contributed by atoms with Crippen molar-refractivity contribution in [2.75, 3.05) is 12.8 Å². The second-order valence-corrected chi connectivity index (χ2v) is 10.5. The Kier molecular flexibility index (Phi) is 4.88. The second-order valence-electron chi connectivity index (χ2n) is 7.07. The largest absolute Gasteiger partial charge is 0.369 e. The Balaban J connectivity index is 1.70. The molecule has 2 N–H and O–H groups in total. The molecule has 1 aliphatic heterocycles. The van der Waals surface area contributed by atoms with Gasteiger partial charge >= 0.3 is 0 Å². The molecule has 3 aromatic rings. The fraction of sp³-hybridized carbons (Fsp3) is 0.200. The van der Waals surface area contributed by atoms with Gasteiger partial charge in [-0.3, -0.25) is 4.98 Å². The Morgan fingerprint density at radius 2 is 1.86 bits per heavy atom.